The maximum Gasteiger partial charge on any atom is 0.00344 e. The van der Waals surface area contributed by atoms with E-state index in [-0.39, 0.29) is 7.92 Å². The van der Waals surface area contributed by atoms with Gasteiger partial charge in [-0.2, -0.15) is 0 Å². The Morgan fingerprint density at radius 1 is 0.780 bits per heavy atom. The van der Waals surface area contributed by atoms with Crippen molar-refractivity contribution < 1.29 is 0 Å². The number of hydrogen-bond acceptors (Lipinski definition) is 1. The summed E-state index contributed by atoms with van der Waals surface area (Å²) in [6.45, 7) is 25.9. The molecule has 3 aliphatic rings. The van der Waals surface area contributed by atoms with Crippen molar-refractivity contribution in [2.24, 2.45) is 22.2 Å². The number of aryl methyl sites for hydroxylation is 4. The van der Waals surface area contributed by atoms with Crippen LogP contribution in [0.5, 0.6) is 0 Å². The summed E-state index contributed by atoms with van der Waals surface area (Å²) in [5.74, 6) is 0.714. The summed E-state index contributed by atoms with van der Waals surface area (Å²) in [5, 5.41) is 8.38. The normalized spacial score (nSPS) is 25.9. The molecule has 0 amide bonds. The molecule has 0 radical (unpaired) electrons. The molecule has 0 aromatic heterocycles. The molecule has 4 aromatic rings. The molecule has 0 nitrogen and oxygen atoms in total. The molecular weight excluding hydrogens is 659 g/mol. The Bertz CT molecular complexity index is 1850. The van der Waals surface area contributed by atoms with E-state index in [1.165, 1.54) is 61.2 Å². The Morgan fingerprint density at radius 3 is 1.80 bits per heavy atom. The molecule has 3 aliphatic carbocycles. The summed E-state index contributed by atoms with van der Waals surface area (Å²) in [6, 6.07) is 36.6. The second-order valence-corrected chi connectivity index (χ2v) is 22.3. The first-order chi connectivity index (χ1) is 23.7. The van der Waals surface area contributed by atoms with Crippen molar-refractivity contribution in [2.75, 3.05) is 6.66 Å². The third-order valence-electron chi connectivity index (χ3n) is 12.2. The molecule has 262 valence electrons. The number of rotatable bonds is 9. The number of allylic oxidation sites excluding steroid dienone is 4. The highest BCUT2D eigenvalue weighted by Gasteiger charge is 2.81. The summed E-state index contributed by atoms with van der Waals surface area (Å²) in [6.07, 6.45) is 6.42. The van der Waals surface area contributed by atoms with Gasteiger partial charge in [-0.15, -0.1) is 11.8 Å². The van der Waals surface area contributed by atoms with Gasteiger partial charge in [-0.05, 0) is 140 Å². The minimum Gasteiger partial charge on any atom is -0.128 e. The van der Waals surface area contributed by atoms with Crippen molar-refractivity contribution in [1.82, 2.24) is 0 Å². The second-order valence-electron chi connectivity index (χ2n) is 16.2. The van der Waals surface area contributed by atoms with Crippen LogP contribution in [0.3, 0.4) is 0 Å². The summed E-state index contributed by atoms with van der Waals surface area (Å²) >= 11 is 2.02. The van der Waals surface area contributed by atoms with E-state index >= 15 is 0 Å². The van der Waals surface area contributed by atoms with Crippen molar-refractivity contribution in [1.29, 1.82) is 0 Å². The van der Waals surface area contributed by atoms with Crippen LogP contribution >= 0.6 is 27.6 Å². The van der Waals surface area contributed by atoms with Crippen molar-refractivity contribution in [3.8, 4) is 0 Å². The van der Waals surface area contributed by atoms with Crippen LogP contribution < -0.4 is 21.2 Å². The van der Waals surface area contributed by atoms with Gasteiger partial charge in [0.1, 0.15) is 0 Å². The van der Waals surface area contributed by atoms with Gasteiger partial charge in [-0.25, -0.2) is 0 Å². The lowest BCUT2D eigenvalue weighted by Gasteiger charge is -2.76. The average molecular weight is 717 g/mol. The van der Waals surface area contributed by atoms with Gasteiger partial charge < -0.3 is 0 Å². The fourth-order valence-electron chi connectivity index (χ4n) is 9.77. The van der Waals surface area contributed by atoms with E-state index in [1.807, 2.05) is 11.8 Å². The topological polar surface area (TPSA) is 0 Å². The standard InChI is InChI=1S/C29H35PS.C18H23P/c1-20(2)31-21(3)17-24-26(25-18-27(4)19-28(24,5)29(25,27)6)30(22-13-9-7-10-14-22)23-15-11-8-12-16-23;1-6-16-8-15(4)11-18(12-16)19(5)17-9-13(2)7-14(3)10-17/h7-17,20,25H,18-19H2,1-6H3;7-12H,6H2,1-5H3/b21-17+;. The summed E-state index contributed by atoms with van der Waals surface area (Å²) in [7, 11) is -0.759. The van der Waals surface area contributed by atoms with Gasteiger partial charge in [0.25, 0.3) is 0 Å². The summed E-state index contributed by atoms with van der Waals surface area (Å²) in [4.78, 5) is 1.47. The number of benzene rings is 4. The molecule has 0 aliphatic heterocycles. The summed E-state index contributed by atoms with van der Waals surface area (Å²) in [5.41, 5.74) is 8.49. The van der Waals surface area contributed by atoms with Gasteiger partial charge >= 0.3 is 0 Å². The average Bonchev–Trinajstić information content (AvgIpc) is 3.13. The molecule has 0 saturated heterocycles. The zero-order chi connectivity index (χ0) is 36.0. The van der Waals surface area contributed by atoms with Crippen LogP contribution in [-0.2, 0) is 6.42 Å². The molecular formula is C47H58P2S. The maximum absolute atomic E-state index is 2.61. The van der Waals surface area contributed by atoms with Crippen LogP contribution in [0.15, 0.2) is 119 Å². The van der Waals surface area contributed by atoms with Crippen molar-refractivity contribution in [3.05, 3.63) is 141 Å². The fraction of sp³-hybridized carbons (Fsp3) is 0.404. The molecule has 4 aromatic carbocycles. The zero-order valence-electron chi connectivity index (χ0n) is 32.4. The van der Waals surface area contributed by atoms with Crippen molar-refractivity contribution in [3.63, 3.8) is 0 Å². The van der Waals surface area contributed by atoms with Gasteiger partial charge in [0, 0.05) is 5.25 Å². The highest BCUT2D eigenvalue weighted by molar-refractivity contribution is 8.03. The van der Waals surface area contributed by atoms with Crippen LogP contribution in [0, 0.1) is 42.9 Å². The first-order valence-electron chi connectivity index (χ1n) is 18.6. The third kappa shape index (κ3) is 6.66. The monoisotopic (exact) mass is 716 g/mol. The lowest BCUT2D eigenvalue weighted by molar-refractivity contribution is -0.264. The van der Waals surface area contributed by atoms with Crippen LogP contribution in [0.2, 0.25) is 0 Å². The third-order valence-corrected chi connectivity index (χ3v) is 17.9. The molecule has 7 rings (SSSR count). The lowest BCUT2D eigenvalue weighted by Crippen LogP contribution is -2.70. The molecule has 3 heteroatoms. The van der Waals surface area contributed by atoms with Gasteiger partial charge in [-0.1, -0.05) is 155 Å². The molecule has 2 saturated carbocycles. The minimum absolute atomic E-state index is 0.241. The van der Waals surface area contributed by atoms with E-state index in [4.69, 9.17) is 0 Å². The SMILES string of the molecule is C/C(=C\C1=C(P(c2ccccc2)c2ccccc2)C2CC3(C)CC1(C)C23C)SC(C)C.CCc1cc(C)cc(P(C)c2cc(C)cc(C)c2)c1. The predicted molar refractivity (Wildman–Crippen MR) is 228 cm³/mol. The van der Waals surface area contributed by atoms with Crippen molar-refractivity contribution in [2.45, 2.75) is 93.7 Å². The molecule has 0 heterocycles. The largest absolute Gasteiger partial charge is 0.128 e. The Morgan fingerprint density at radius 2 is 1.30 bits per heavy atom. The van der Waals surface area contributed by atoms with Crippen LogP contribution in [0.4, 0.5) is 0 Å². The van der Waals surface area contributed by atoms with E-state index in [0.717, 1.165) is 6.42 Å². The molecule has 0 N–H and O–H groups in total. The quantitative estimate of drug-likeness (QED) is 0.155. The molecule has 0 bridgehead atoms. The highest BCUT2D eigenvalue weighted by atomic mass is 32.2. The van der Waals surface area contributed by atoms with Gasteiger partial charge in [0.15, 0.2) is 0 Å². The first-order valence-corrected chi connectivity index (χ1v) is 22.6. The maximum atomic E-state index is 2.61. The Kier molecular flexibility index (Phi) is 10.9. The van der Waals surface area contributed by atoms with E-state index in [0.29, 0.717) is 27.4 Å². The molecule has 50 heavy (non-hydrogen) atoms. The van der Waals surface area contributed by atoms with Crippen molar-refractivity contribution >= 4 is 48.8 Å². The van der Waals surface area contributed by atoms with E-state index in [9.17, 15) is 0 Å². The van der Waals surface area contributed by atoms with Gasteiger partial charge in [-0.3, -0.25) is 0 Å². The van der Waals surface area contributed by atoms with E-state index < -0.39 is 7.92 Å². The van der Waals surface area contributed by atoms with Gasteiger partial charge in [0.2, 0.25) is 0 Å². The van der Waals surface area contributed by atoms with E-state index in [1.54, 1.807) is 10.9 Å². The summed E-state index contributed by atoms with van der Waals surface area (Å²) < 4.78 is 0. The predicted octanol–water partition coefficient (Wildman–Crippen LogP) is 12.1. The van der Waals surface area contributed by atoms with Crippen LogP contribution in [0.1, 0.15) is 83.6 Å². The van der Waals surface area contributed by atoms with E-state index in [2.05, 4.69) is 179 Å². The number of hydrogen-bond donors (Lipinski definition) is 0. The Labute approximate surface area is 311 Å². The van der Waals surface area contributed by atoms with Crippen LogP contribution in [0.25, 0.3) is 0 Å². The molecule has 5 atom stereocenters. The Balaban J connectivity index is 0.000000195. The van der Waals surface area contributed by atoms with Crippen LogP contribution in [-0.4, -0.2) is 11.9 Å². The smallest absolute Gasteiger partial charge is 0.00344 e. The molecule has 0 spiro atoms. The molecule has 2 fully saturated rings. The zero-order valence-corrected chi connectivity index (χ0v) is 35.0. The number of thioether (sulfide) groups is 1. The fourth-order valence-corrected chi connectivity index (χ4v) is 15.6. The first kappa shape index (κ1) is 37.3. The minimum atomic E-state index is -0.517. The molecule has 5 unspecified atom stereocenters. The highest BCUT2D eigenvalue weighted by Crippen LogP contribution is 2.89. The second kappa shape index (κ2) is 14.5. The Hall–Kier alpha value is -2.43. The lowest BCUT2D eigenvalue weighted by atomic mass is 9.27. The van der Waals surface area contributed by atoms with Gasteiger partial charge in [0.05, 0.1) is 0 Å².